The number of hydrogen-bond donors (Lipinski definition) is 0. The molecule has 0 atom stereocenters. The first-order valence-corrected chi connectivity index (χ1v) is 2.16. The second-order valence-corrected chi connectivity index (χ2v) is 1.34. The lowest BCUT2D eigenvalue weighted by atomic mass is 10.2. The van der Waals surface area contributed by atoms with Crippen molar-refractivity contribution in [3.63, 3.8) is 0 Å². The molecule has 0 unspecified atom stereocenters. The molecule has 0 heterocycles. The van der Waals surface area contributed by atoms with Crippen LogP contribution in [-0.4, -0.2) is 0 Å². The minimum atomic E-state index is -0.178. The molecule has 36 valence electrons. The van der Waals surface area contributed by atoms with E-state index in [4.69, 9.17) is 0 Å². The largest absolute Gasteiger partial charge is 0.211 e. The fourth-order valence-corrected chi connectivity index (χ4v) is 0.437. The van der Waals surface area contributed by atoms with E-state index in [9.17, 15) is 4.39 Å². The molecule has 0 fully saturated rings. The van der Waals surface area contributed by atoms with Crippen molar-refractivity contribution in [1.82, 2.24) is 0 Å². The average Bonchev–Trinajstić information content (AvgIpc) is 1.69. The Balaban J connectivity index is 2.57. The van der Waals surface area contributed by atoms with Crippen molar-refractivity contribution in [2.45, 2.75) is 6.42 Å². The molecule has 0 aromatic heterocycles. The van der Waals surface area contributed by atoms with Crippen molar-refractivity contribution in [3.8, 4) is 0 Å². The van der Waals surface area contributed by atoms with Crippen LogP contribution in [0.15, 0.2) is 18.0 Å². The van der Waals surface area contributed by atoms with Gasteiger partial charge < -0.3 is 0 Å². The number of hydrogen-bond acceptors (Lipinski definition) is 0. The van der Waals surface area contributed by atoms with Gasteiger partial charge in [-0.1, -0.05) is 6.08 Å². The Morgan fingerprint density at radius 1 is 1.71 bits per heavy atom. The van der Waals surface area contributed by atoms with Crippen molar-refractivity contribution >= 4 is 0 Å². The van der Waals surface area contributed by atoms with Crippen LogP contribution in [0.3, 0.4) is 0 Å². The number of rotatable bonds is 0. The third kappa shape index (κ3) is 1.15. The van der Waals surface area contributed by atoms with E-state index in [2.05, 4.69) is 6.08 Å². The van der Waals surface area contributed by atoms with Gasteiger partial charge in [0, 0.05) is 6.42 Å². The van der Waals surface area contributed by atoms with E-state index in [1.807, 2.05) is 0 Å². The lowest BCUT2D eigenvalue weighted by Gasteiger charge is -1.93. The highest BCUT2D eigenvalue weighted by atomic mass is 19.1. The van der Waals surface area contributed by atoms with Crippen molar-refractivity contribution in [1.29, 1.82) is 0 Å². The van der Waals surface area contributed by atoms with Crippen LogP contribution in [0.4, 0.5) is 4.39 Å². The molecule has 7 heavy (non-hydrogen) atoms. The maximum Gasteiger partial charge on any atom is 0.105 e. The molecule has 0 amide bonds. The average molecular weight is 96.1 g/mol. The molecule has 0 saturated carbocycles. The van der Waals surface area contributed by atoms with Gasteiger partial charge in [0.05, 0.1) is 0 Å². The van der Waals surface area contributed by atoms with E-state index in [-0.39, 0.29) is 5.83 Å². The van der Waals surface area contributed by atoms with Gasteiger partial charge in [-0.15, -0.1) is 0 Å². The third-order valence-electron chi connectivity index (χ3n) is 0.770. The summed E-state index contributed by atoms with van der Waals surface area (Å²) in [6.07, 6.45) is 7.94. The van der Waals surface area contributed by atoms with Crippen LogP contribution in [-0.2, 0) is 0 Å². The summed E-state index contributed by atoms with van der Waals surface area (Å²) in [4.78, 5) is 0. The highest BCUT2D eigenvalue weighted by molar-refractivity contribution is 5.16. The molecule has 1 rings (SSSR count). The molecule has 1 aliphatic carbocycles. The summed E-state index contributed by atoms with van der Waals surface area (Å²) in [5.41, 5.74) is 0. The number of halogens is 1. The Kier molecular flexibility index (Phi) is 1.25. The standard InChI is InChI=1S/C6H5F/c7-6-4-2-1-3-5-6/h1,4-5H,2H2. The Morgan fingerprint density at radius 2 is 2.57 bits per heavy atom. The summed E-state index contributed by atoms with van der Waals surface area (Å²) < 4.78 is 11.9. The van der Waals surface area contributed by atoms with Crippen LogP contribution in [0.5, 0.6) is 0 Å². The first kappa shape index (κ1) is 4.57. The van der Waals surface area contributed by atoms with Gasteiger partial charge in [0.25, 0.3) is 0 Å². The van der Waals surface area contributed by atoms with Gasteiger partial charge in [-0.25, -0.2) is 4.39 Å². The zero-order chi connectivity index (χ0) is 5.11. The molecule has 0 aromatic rings. The fraction of sp³-hybridized carbons (Fsp3) is 0.167. The predicted octanol–water partition coefficient (Wildman–Crippen LogP) is 1.81. The third-order valence-corrected chi connectivity index (χ3v) is 0.770. The zero-order valence-corrected chi connectivity index (χ0v) is 3.82. The molecule has 0 N–H and O–H groups in total. The molecule has 0 saturated heterocycles. The predicted molar refractivity (Wildman–Crippen MR) is 25.9 cm³/mol. The lowest BCUT2D eigenvalue weighted by molar-refractivity contribution is 0.639. The quantitative estimate of drug-likeness (QED) is 0.431. The van der Waals surface area contributed by atoms with E-state index in [0.717, 1.165) is 0 Å². The molecule has 1 heteroatoms. The molecule has 0 aromatic carbocycles. The van der Waals surface area contributed by atoms with Gasteiger partial charge in [0.2, 0.25) is 0 Å². The minimum Gasteiger partial charge on any atom is -0.211 e. The Labute approximate surface area is 42.3 Å². The minimum absolute atomic E-state index is 0.178. The van der Waals surface area contributed by atoms with E-state index in [0.29, 0.717) is 6.42 Å². The highest BCUT2D eigenvalue weighted by Gasteiger charge is 1.94. The second kappa shape index (κ2) is 1.92. The van der Waals surface area contributed by atoms with Crippen molar-refractivity contribution in [2.75, 3.05) is 0 Å². The maximum absolute atomic E-state index is 11.9. The second-order valence-electron chi connectivity index (χ2n) is 1.34. The van der Waals surface area contributed by atoms with Crippen molar-refractivity contribution in [3.05, 3.63) is 30.5 Å². The van der Waals surface area contributed by atoms with Crippen LogP contribution in [0.2, 0.25) is 0 Å². The summed E-state index contributed by atoms with van der Waals surface area (Å²) in [6.45, 7) is 0. The van der Waals surface area contributed by atoms with E-state index in [1.54, 1.807) is 6.08 Å². The summed E-state index contributed by atoms with van der Waals surface area (Å²) in [5, 5.41) is 0. The Bertz CT molecular complexity index is 111. The molecular formula is C6H5F. The van der Waals surface area contributed by atoms with Crippen LogP contribution in [0.1, 0.15) is 6.42 Å². The van der Waals surface area contributed by atoms with Gasteiger partial charge >= 0.3 is 0 Å². The summed E-state index contributed by atoms with van der Waals surface area (Å²) in [5.74, 6) is -0.178. The first-order valence-electron chi connectivity index (χ1n) is 2.16. The van der Waals surface area contributed by atoms with E-state index >= 15 is 0 Å². The molecule has 0 nitrogen and oxygen atoms in total. The van der Waals surface area contributed by atoms with Crippen LogP contribution in [0, 0.1) is 12.5 Å². The molecule has 0 aliphatic heterocycles. The van der Waals surface area contributed by atoms with Crippen molar-refractivity contribution < 1.29 is 4.39 Å². The fourth-order valence-electron chi connectivity index (χ4n) is 0.437. The summed E-state index contributed by atoms with van der Waals surface area (Å²) >= 11 is 0. The van der Waals surface area contributed by atoms with Gasteiger partial charge in [0.15, 0.2) is 0 Å². The molecule has 0 bridgehead atoms. The van der Waals surface area contributed by atoms with Crippen LogP contribution < -0.4 is 0 Å². The zero-order valence-electron chi connectivity index (χ0n) is 3.82. The maximum atomic E-state index is 11.9. The van der Waals surface area contributed by atoms with Crippen LogP contribution in [0.25, 0.3) is 0 Å². The normalized spacial score (nSPS) is 19.3. The molecule has 0 spiro atoms. The summed E-state index contributed by atoms with van der Waals surface area (Å²) in [7, 11) is 0. The van der Waals surface area contributed by atoms with Gasteiger partial charge in [-0.05, 0) is 18.6 Å². The van der Waals surface area contributed by atoms with E-state index < -0.39 is 0 Å². The van der Waals surface area contributed by atoms with Crippen molar-refractivity contribution in [2.24, 2.45) is 0 Å². The Morgan fingerprint density at radius 3 is 2.86 bits per heavy atom. The van der Waals surface area contributed by atoms with Gasteiger partial charge in [0.1, 0.15) is 5.83 Å². The van der Waals surface area contributed by atoms with E-state index in [1.165, 1.54) is 12.5 Å². The Hall–Kier alpha value is -0.590. The van der Waals surface area contributed by atoms with Crippen LogP contribution >= 0.6 is 0 Å². The SMILES string of the molecule is FC1=C[C]=CC[CH]1. The molecule has 1 aliphatic rings. The monoisotopic (exact) mass is 96.0 g/mol. The molecular weight excluding hydrogens is 91.1 g/mol. The van der Waals surface area contributed by atoms with Gasteiger partial charge in [-0.2, -0.15) is 0 Å². The molecule has 2 radical (unpaired) electrons. The smallest absolute Gasteiger partial charge is 0.105 e. The van der Waals surface area contributed by atoms with Gasteiger partial charge in [-0.3, -0.25) is 0 Å². The topological polar surface area (TPSA) is 0 Å². The first-order chi connectivity index (χ1) is 3.39. The highest BCUT2D eigenvalue weighted by Crippen LogP contribution is 2.09. The summed E-state index contributed by atoms with van der Waals surface area (Å²) in [6, 6.07) is 0. The number of allylic oxidation sites excluding steroid dienone is 4. The lowest BCUT2D eigenvalue weighted by Crippen LogP contribution is -1.78.